The zero-order chi connectivity index (χ0) is 20.5. The third kappa shape index (κ3) is 4.00. The average Bonchev–Trinajstić information content (AvgIpc) is 3.28. The van der Waals surface area contributed by atoms with Crippen LogP contribution in [0.4, 0.5) is 4.39 Å². The second-order valence-corrected chi connectivity index (χ2v) is 7.67. The Labute approximate surface area is 169 Å². The molecule has 3 aromatic rings. The molecule has 3 heterocycles. The van der Waals surface area contributed by atoms with E-state index in [0.717, 1.165) is 35.2 Å². The molecule has 0 N–H and O–H groups in total. The van der Waals surface area contributed by atoms with Crippen LogP contribution in [0.3, 0.4) is 0 Å². The minimum atomic E-state index is -0.308. The molecule has 1 aliphatic rings. The zero-order valence-corrected chi connectivity index (χ0v) is 17.0. The summed E-state index contributed by atoms with van der Waals surface area (Å²) in [7, 11) is 1.83. The van der Waals surface area contributed by atoms with Crippen molar-refractivity contribution in [2.24, 2.45) is 7.05 Å². The summed E-state index contributed by atoms with van der Waals surface area (Å²) in [6.07, 6.45) is 1.91. The van der Waals surface area contributed by atoms with Crippen LogP contribution < -0.4 is 0 Å². The zero-order valence-electron chi connectivity index (χ0n) is 17.0. The first-order valence-electron chi connectivity index (χ1n) is 9.88. The maximum Gasteiger partial charge on any atom is 0.255 e. The largest absolute Gasteiger partial charge is 0.376 e. The molecule has 1 fully saturated rings. The lowest BCUT2D eigenvalue weighted by Crippen LogP contribution is -2.37. The molecule has 1 amide bonds. The van der Waals surface area contributed by atoms with Gasteiger partial charge in [0.2, 0.25) is 0 Å². The second-order valence-electron chi connectivity index (χ2n) is 7.67. The van der Waals surface area contributed by atoms with Crippen LogP contribution in [0.1, 0.15) is 40.2 Å². The van der Waals surface area contributed by atoms with Crippen molar-refractivity contribution in [3.8, 4) is 0 Å². The van der Waals surface area contributed by atoms with Crippen LogP contribution in [0.5, 0.6) is 0 Å². The van der Waals surface area contributed by atoms with Crippen LogP contribution in [0.2, 0.25) is 0 Å². The van der Waals surface area contributed by atoms with Gasteiger partial charge in [0.05, 0.1) is 22.7 Å². The molecular formula is C22H25FN4O2. The molecule has 29 heavy (non-hydrogen) atoms. The predicted molar refractivity (Wildman–Crippen MR) is 108 cm³/mol. The van der Waals surface area contributed by atoms with Crippen LogP contribution in [0.25, 0.3) is 11.0 Å². The number of carbonyl (C=O) groups excluding carboxylic acids is 1. The number of hydrogen-bond acceptors (Lipinski definition) is 4. The number of carbonyl (C=O) groups is 1. The number of aryl methyl sites for hydroxylation is 3. The van der Waals surface area contributed by atoms with E-state index in [1.54, 1.807) is 15.6 Å². The molecule has 0 spiro atoms. The van der Waals surface area contributed by atoms with Crippen LogP contribution in [-0.2, 0) is 18.3 Å². The van der Waals surface area contributed by atoms with Crippen molar-refractivity contribution in [1.82, 2.24) is 19.7 Å². The molecule has 1 aromatic carbocycles. The Hall–Kier alpha value is -2.80. The predicted octanol–water partition coefficient (Wildman–Crippen LogP) is 3.55. The first-order valence-corrected chi connectivity index (χ1v) is 9.88. The van der Waals surface area contributed by atoms with Crippen LogP contribution >= 0.6 is 0 Å². The highest BCUT2D eigenvalue weighted by atomic mass is 19.1. The van der Waals surface area contributed by atoms with E-state index in [9.17, 15) is 9.18 Å². The van der Waals surface area contributed by atoms with Crippen molar-refractivity contribution in [2.75, 3.05) is 13.2 Å². The summed E-state index contributed by atoms with van der Waals surface area (Å²) >= 11 is 0. The molecule has 1 saturated heterocycles. The number of aromatic nitrogens is 3. The SMILES string of the molecule is Cc1cc(C(=O)N(Cc2cccc(F)c2)C[C@@H]2CCCO2)c2c(C)nn(C)c2n1. The highest BCUT2D eigenvalue weighted by molar-refractivity contribution is 6.06. The Morgan fingerprint density at radius 3 is 2.90 bits per heavy atom. The summed E-state index contributed by atoms with van der Waals surface area (Å²) in [6, 6.07) is 8.19. The summed E-state index contributed by atoms with van der Waals surface area (Å²) in [5, 5.41) is 5.21. The minimum Gasteiger partial charge on any atom is -0.376 e. The highest BCUT2D eigenvalue weighted by Gasteiger charge is 2.26. The molecule has 0 radical (unpaired) electrons. The Morgan fingerprint density at radius 1 is 1.34 bits per heavy atom. The molecule has 0 saturated carbocycles. The van der Waals surface area contributed by atoms with Crippen molar-refractivity contribution in [3.05, 3.63) is 58.7 Å². The number of fused-ring (bicyclic) bond motifs is 1. The average molecular weight is 396 g/mol. The molecule has 6 nitrogen and oxygen atoms in total. The van der Waals surface area contributed by atoms with Gasteiger partial charge in [-0.1, -0.05) is 12.1 Å². The van der Waals surface area contributed by atoms with E-state index < -0.39 is 0 Å². The monoisotopic (exact) mass is 396 g/mol. The number of rotatable bonds is 5. The second kappa shape index (κ2) is 7.91. The van der Waals surface area contributed by atoms with Gasteiger partial charge in [0, 0.05) is 32.4 Å². The van der Waals surface area contributed by atoms with E-state index in [1.807, 2.05) is 33.0 Å². The Morgan fingerprint density at radius 2 is 2.17 bits per heavy atom. The lowest BCUT2D eigenvalue weighted by molar-refractivity contribution is 0.0508. The third-order valence-electron chi connectivity index (χ3n) is 5.32. The Balaban J connectivity index is 1.73. The van der Waals surface area contributed by atoms with Crippen molar-refractivity contribution in [2.45, 2.75) is 39.3 Å². The fourth-order valence-electron chi connectivity index (χ4n) is 4.02. The third-order valence-corrected chi connectivity index (χ3v) is 5.32. The molecule has 2 aromatic heterocycles. The number of hydrogen-bond donors (Lipinski definition) is 0. The maximum atomic E-state index is 13.7. The highest BCUT2D eigenvalue weighted by Crippen LogP contribution is 2.25. The Kier molecular flexibility index (Phi) is 5.32. The number of halogens is 1. The van der Waals surface area contributed by atoms with Gasteiger partial charge in [-0.15, -0.1) is 0 Å². The lowest BCUT2D eigenvalue weighted by atomic mass is 10.1. The number of ether oxygens (including phenoxy) is 1. The molecule has 7 heteroatoms. The van der Waals surface area contributed by atoms with E-state index in [4.69, 9.17) is 4.74 Å². The summed E-state index contributed by atoms with van der Waals surface area (Å²) in [5.41, 5.74) is 3.54. The van der Waals surface area contributed by atoms with Gasteiger partial charge in [-0.25, -0.2) is 9.37 Å². The number of pyridine rings is 1. The normalized spacial score (nSPS) is 16.5. The smallest absolute Gasteiger partial charge is 0.255 e. The van der Waals surface area contributed by atoms with Gasteiger partial charge in [-0.05, 0) is 50.5 Å². The van der Waals surface area contributed by atoms with Gasteiger partial charge in [0.1, 0.15) is 5.82 Å². The van der Waals surface area contributed by atoms with E-state index in [-0.39, 0.29) is 17.8 Å². The summed E-state index contributed by atoms with van der Waals surface area (Å²) < 4.78 is 21.2. The lowest BCUT2D eigenvalue weighted by Gasteiger charge is -2.26. The maximum absolute atomic E-state index is 13.7. The van der Waals surface area contributed by atoms with Crippen molar-refractivity contribution in [3.63, 3.8) is 0 Å². The first-order chi connectivity index (χ1) is 13.9. The van der Waals surface area contributed by atoms with Crippen molar-refractivity contribution >= 4 is 16.9 Å². The molecule has 0 bridgehead atoms. The standard InChI is InChI=1S/C22H25FN4O2/c1-14-10-19(20-15(2)25-26(3)21(20)24-14)22(28)27(13-18-8-5-9-29-18)12-16-6-4-7-17(23)11-16/h4,6-7,10-11,18H,5,8-9,12-13H2,1-3H3/t18-/m0/s1. The number of benzene rings is 1. The fourth-order valence-corrected chi connectivity index (χ4v) is 4.02. The van der Waals surface area contributed by atoms with Gasteiger partial charge in [0.15, 0.2) is 5.65 Å². The topological polar surface area (TPSA) is 60.3 Å². The van der Waals surface area contributed by atoms with Crippen LogP contribution in [0, 0.1) is 19.7 Å². The van der Waals surface area contributed by atoms with Gasteiger partial charge in [-0.2, -0.15) is 5.10 Å². The molecule has 1 aliphatic heterocycles. The summed E-state index contributed by atoms with van der Waals surface area (Å²) in [5.74, 6) is -0.423. The van der Waals surface area contributed by atoms with Crippen LogP contribution in [-0.4, -0.2) is 44.8 Å². The number of amides is 1. The molecule has 152 valence electrons. The quantitative estimate of drug-likeness (QED) is 0.662. The fraction of sp³-hybridized carbons (Fsp3) is 0.409. The van der Waals surface area contributed by atoms with Crippen molar-refractivity contribution in [1.29, 1.82) is 0 Å². The molecule has 0 aliphatic carbocycles. The van der Waals surface area contributed by atoms with E-state index in [2.05, 4.69) is 10.1 Å². The van der Waals surface area contributed by atoms with E-state index >= 15 is 0 Å². The van der Waals surface area contributed by atoms with E-state index in [1.165, 1.54) is 12.1 Å². The van der Waals surface area contributed by atoms with Crippen molar-refractivity contribution < 1.29 is 13.9 Å². The minimum absolute atomic E-state index is 0.000861. The first kappa shape index (κ1) is 19.5. The molecule has 0 unspecified atom stereocenters. The molecular weight excluding hydrogens is 371 g/mol. The van der Waals surface area contributed by atoms with Crippen LogP contribution in [0.15, 0.2) is 30.3 Å². The van der Waals surface area contributed by atoms with Gasteiger partial charge >= 0.3 is 0 Å². The Bertz CT molecular complexity index is 1060. The van der Waals surface area contributed by atoms with Gasteiger partial charge < -0.3 is 9.64 Å². The molecule has 1 atom stereocenters. The summed E-state index contributed by atoms with van der Waals surface area (Å²) in [6.45, 7) is 5.26. The van der Waals surface area contributed by atoms with Gasteiger partial charge in [-0.3, -0.25) is 9.48 Å². The van der Waals surface area contributed by atoms with E-state index in [0.29, 0.717) is 30.9 Å². The summed E-state index contributed by atoms with van der Waals surface area (Å²) in [4.78, 5) is 20.0. The van der Waals surface area contributed by atoms with Gasteiger partial charge in [0.25, 0.3) is 5.91 Å². The number of nitrogens with zero attached hydrogens (tertiary/aromatic N) is 4. The molecule has 4 rings (SSSR count).